The summed E-state index contributed by atoms with van der Waals surface area (Å²) in [6.07, 6.45) is 1.12. The van der Waals surface area contributed by atoms with Gasteiger partial charge in [0.1, 0.15) is 5.75 Å². The van der Waals surface area contributed by atoms with Gasteiger partial charge >= 0.3 is 11.9 Å². The van der Waals surface area contributed by atoms with Gasteiger partial charge in [0.2, 0.25) is 0 Å². The number of nitrogens with one attached hydrogen (secondary N) is 1. The molecule has 0 heterocycles. The average molecular weight is 327 g/mol. The maximum absolute atomic E-state index is 11.7. The molecule has 1 aromatic rings. The third-order valence-electron chi connectivity index (χ3n) is 2.21. The average Bonchev–Trinajstić information content (AvgIpc) is 2.46. The van der Waals surface area contributed by atoms with Gasteiger partial charge in [0.05, 0.1) is 0 Å². The largest absolute Gasteiger partial charge is 0.611 e. The van der Waals surface area contributed by atoms with Crippen molar-refractivity contribution in [3.63, 3.8) is 0 Å². The van der Waals surface area contributed by atoms with Crippen molar-refractivity contribution in [1.82, 2.24) is 5.32 Å². The lowest BCUT2D eigenvalue weighted by Crippen LogP contribution is -2.28. The SMILES string of the molecule is CC(C)NCC[S+]([O-])c1ccccc1.O=C(O)C=CC(=O)O. The summed E-state index contributed by atoms with van der Waals surface area (Å²) in [5.41, 5.74) is 0. The number of hydrogen-bond donors (Lipinski definition) is 3. The molecule has 6 nitrogen and oxygen atoms in total. The number of benzene rings is 1. The minimum Gasteiger partial charge on any atom is -0.611 e. The van der Waals surface area contributed by atoms with Crippen molar-refractivity contribution in [2.75, 3.05) is 12.3 Å². The number of hydrogen-bond acceptors (Lipinski definition) is 4. The molecule has 0 spiro atoms. The van der Waals surface area contributed by atoms with Crippen LogP contribution in [-0.2, 0) is 20.8 Å². The maximum atomic E-state index is 11.7. The molecule has 0 fully saturated rings. The zero-order chi connectivity index (χ0) is 17.0. The smallest absolute Gasteiger partial charge is 0.328 e. The first kappa shape index (κ1) is 20.2. The zero-order valence-electron chi connectivity index (χ0n) is 12.6. The predicted octanol–water partition coefficient (Wildman–Crippen LogP) is 1.50. The van der Waals surface area contributed by atoms with Crippen LogP contribution < -0.4 is 5.32 Å². The topological polar surface area (TPSA) is 110 Å². The van der Waals surface area contributed by atoms with Crippen LogP contribution in [-0.4, -0.2) is 45.0 Å². The van der Waals surface area contributed by atoms with Crippen molar-refractivity contribution in [2.24, 2.45) is 0 Å². The molecule has 0 amide bonds. The standard InChI is InChI=1S/C11H17NOS.C4H4O4/c1-10(2)12-8-9-14(13)11-6-4-3-5-7-11;5-3(6)1-2-4(7)8/h3-7,10,12H,8-9H2,1-2H3;1-2H,(H,5,6)(H,7,8). The first-order chi connectivity index (χ1) is 10.3. The van der Waals surface area contributed by atoms with Gasteiger partial charge in [0.15, 0.2) is 4.90 Å². The second-order valence-corrected chi connectivity index (χ2v) is 6.05. The summed E-state index contributed by atoms with van der Waals surface area (Å²) in [6.45, 7) is 4.98. The molecular weight excluding hydrogens is 306 g/mol. The van der Waals surface area contributed by atoms with E-state index in [0.717, 1.165) is 11.4 Å². The van der Waals surface area contributed by atoms with Crippen molar-refractivity contribution in [1.29, 1.82) is 0 Å². The molecule has 1 unspecified atom stereocenters. The fourth-order valence-corrected chi connectivity index (χ4v) is 2.27. The van der Waals surface area contributed by atoms with E-state index in [9.17, 15) is 14.1 Å². The van der Waals surface area contributed by atoms with Gasteiger partial charge in [-0.2, -0.15) is 0 Å². The van der Waals surface area contributed by atoms with Crippen LogP contribution in [0, 0.1) is 0 Å². The molecule has 0 aliphatic carbocycles. The van der Waals surface area contributed by atoms with E-state index in [0.29, 0.717) is 23.9 Å². The van der Waals surface area contributed by atoms with Crippen LogP contribution in [0.3, 0.4) is 0 Å². The summed E-state index contributed by atoms with van der Waals surface area (Å²) in [7, 11) is 0. The Morgan fingerprint density at radius 2 is 1.68 bits per heavy atom. The van der Waals surface area contributed by atoms with E-state index in [2.05, 4.69) is 19.2 Å². The normalized spacial score (nSPS) is 11.8. The molecular formula is C15H21NO5S. The lowest BCUT2D eigenvalue weighted by atomic mass is 10.4. The molecule has 7 heteroatoms. The molecule has 0 saturated carbocycles. The van der Waals surface area contributed by atoms with Crippen LogP contribution in [0.1, 0.15) is 13.8 Å². The minimum absolute atomic E-state index is 0.461. The summed E-state index contributed by atoms with van der Waals surface area (Å²) in [4.78, 5) is 20.0. The van der Waals surface area contributed by atoms with Crippen LogP contribution in [0.4, 0.5) is 0 Å². The Morgan fingerprint density at radius 1 is 1.18 bits per heavy atom. The highest BCUT2D eigenvalue weighted by Gasteiger charge is 2.08. The molecule has 0 aliphatic rings. The highest BCUT2D eigenvalue weighted by Crippen LogP contribution is 2.09. The third-order valence-corrected chi connectivity index (χ3v) is 3.59. The number of carboxylic acids is 2. The van der Waals surface area contributed by atoms with Crippen molar-refractivity contribution >= 4 is 23.1 Å². The molecule has 1 atom stereocenters. The van der Waals surface area contributed by atoms with Crippen LogP contribution in [0.15, 0.2) is 47.4 Å². The summed E-state index contributed by atoms with van der Waals surface area (Å²) in [6, 6.07) is 10.1. The summed E-state index contributed by atoms with van der Waals surface area (Å²) in [5, 5.41) is 18.9. The Balaban J connectivity index is 0.000000472. The Hall–Kier alpha value is -1.83. The first-order valence-corrected chi connectivity index (χ1v) is 7.95. The lowest BCUT2D eigenvalue weighted by Gasteiger charge is -2.12. The number of aliphatic carboxylic acids is 2. The molecule has 0 radical (unpaired) electrons. The van der Waals surface area contributed by atoms with E-state index < -0.39 is 23.1 Å². The second-order valence-electron chi connectivity index (χ2n) is 4.48. The van der Waals surface area contributed by atoms with Gasteiger partial charge < -0.3 is 20.1 Å². The first-order valence-electron chi connectivity index (χ1n) is 6.63. The van der Waals surface area contributed by atoms with Gasteiger partial charge in [-0.05, 0) is 23.3 Å². The van der Waals surface area contributed by atoms with E-state index in [1.54, 1.807) is 0 Å². The number of carbonyl (C=O) groups is 2. The monoisotopic (exact) mass is 327 g/mol. The van der Waals surface area contributed by atoms with Crippen LogP contribution in [0.5, 0.6) is 0 Å². The van der Waals surface area contributed by atoms with Gasteiger partial charge in [0.25, 0.3) is 0 Å². The number of rotatable bonds is 7. The maximum Gasteiger partial charge on any atom is 0.328 e. The Kier molecular flexibility index (Phi) is 10.8. The van der Waals surface area contributed by atoms with Crippen molar-refractivity contribution in [3.8, 4) is 0 Å². The van der Waals surface area contributed by atoms with Gasteiger partial charge in [-0.15, -0.1) is 0 Å². The van der Waals surface area contributed by atoms with Gasteiger partial charge in [-0.1, -0.05) is 32.0 Å². The van der Waals surface area contributed by atoms with E-state index in [-0.39, 0.29) is 0 Å². The highest BCUT2D eigenvalue weighted by molar-refractivity contribution is 7.91. The van der Waals surface area contributed by atoms with Crippen LogP contribution in [0.25, 0.3) is 0 Å². The predicted molar refractivity (Wildman–Crippen MR) is 85.3 cm³/mol. The lowest BCUT2D eigenvalue weighted by molar-refractivity contribution is -0.134. The molecule has 0 bridgehead atoms. The molecule has 0 aliphatic heterocycles. The summed E-state index contributed by atoms with van der Waals surface area (Å²) < 4.78 is 11.7. The molecule has 122 valence electrons. The molecule has 0 aromatic heterocycles. The van der Waals surface area contributed by atoms with Gasteiger partial charge in [-0.3, -0.25) is 0 Å². The fraction of sp³-hybridized carbons (Fsp3) is 0.333. The molecule has 0 saturated heterocycles. The zero-order valence-corrected chi connectivity index (χ0v) is 13.4. The Bertz CT molecular complexity index is 460. The summed E-state index contributed by atoms with van der Waals surface area (Å²) >= 11 is -0.862. The van der Waals surface area contributed by atoms with Crippen LogP contribution in [0.2, 0.25) is 0 Å². The molecule has 1 rings (SSSR count). The Labute approximate surface area is 133 Å². The highest BCUT2D eigenvalue weighted by atomic mass is 32.2. The Morgan fingerprint density at radius 3 is 2.09 bits per heavy atom. The molecule has 1 aromatic carbocycles. The second kappa shape index (κ2) is 11.8. The molecule has 3 N–H and O–H groups in total. The molecule has 22 heavy (non-hydrogen) atoms. The number of carboxylic acid groups (broad SMARTS) is 2. The van der Waals surface area contributed by atoms with Gasteiger partial charge in [-0.25, -0.2) is 9.59 Å². The van der Waals surface area contributed by atoms with E-state index in [1.165, 1.54) is 0 Å². The van der Waals surface area contributed by atoms with Crippen molar-refractivity contribution in [2.45, 2.75) is 24.8 Å². The van der Waals surface area contributed by atoms with E-state index >= 15 is 0 Å². The van der Waals surface area contributed by atoms with Gasteiger partial charge in [0, 0.05) is 24.7 Å². The van der Waals surface area contributed by atoms with Crippen LogP contribution >= 0.6 is 0 Å². The van der Waals surface area contributed by atoms with Crippen molar-refractivity contribution in [3.05, 3.63) is 42.5 Å². The van der Waals surface area contributed by atoms with E-state index in [1.807, 2.05) is 30.3 Å². The quantitative estimate of drug-likeness (QED) is 0.517. The van der Waals surface area contributed by atoms with Crippen molar-refractivity contribution < 1.29 is 24.4 Å². The summed E-state index contributed by atoms with van der Waals surface area (Å²) in [5.74, 6) is -1.83. The van der Waals surface area contributed by atoms with E-state index in [4.69, 9.17) is 10.2 Å². The minimum atomic E-state index is -1.26. The fourth-order valence-electron chi connectivity index (χ4n) is 1.27. The third kappa shape index (κ3) is 12.0.